The zero-order chi connectivity index (χ0) is 21.6. The maximum absolute atomic E-state index is 13.3. The van der Waals surface area contributed by atoms with Crippen molar-refractivity contribution in [3.05, 3.63) is 77.4 Å². The van der Waals surface area contributed by atoms with Gasteiger partial charge in [-0.2, -0.15) is 0 Å². The highest BCUT2D eigenvalue weighted by molar-refractivity contribution is 5.88. The van der Waals surface area contributed by atoms with Crippen LogP contribution in [0.15, 0.2) is 60.7 Å². The van der Waals surface area contributed by atoms with Gasteiger partial charge in [0.25, 0.3) is 0 Å². The Morgan fingerprint density at radius 3 is 2.61 bits per heavy atom. The molecule has 31 heavy (non-hydrogen) atoms. The fraction of sp³-hybridized carbons (Fsp3) is 0.385. The third-order valence-corrected chi connectivity index (χ3v) is 6.38. The van der Waals surface area contributed by atoms with E-state index in [0.29, 0.717) is 25.9 Å². The summed E-state index contributed by atoms with van der Waals surface area (Å²) in [7, 11) is 1.65. The molecule has 1 aliphatic carbocycles. The molecule has 2 atom stereocenters. The van der Waals surface area contributed by atoms with Crippen LogP contribution in [-0.2, 0) is 29.0 Å². The minimum absolute atomic E-state index is 0.0250. The predicted octanol–water partition coefficient (Wildman–Crippen LogP) is 3.52. The van der Waals surface area contributed by atoms with Crippen molar-refractivity contribution in [2.24, 2.45) is 11.8 Å². The summed E-state index contributed by atoms with van der Waals surface area (Å²) in [5, 5.41) is 3.06. The van der Waals surface area contributed by atoms with Gasteiger partial charge in [0, 0.05) is 19.6 Å². The van der Waals surface area contributed by atoms with Gasteiger partial charge in [0.05, 0.1) is 18.9 Å². The molecule has 2 aromatic carbocycles. The molecule has 2 amide bonds. The summed E-state index contributed by atoms with van der Waals surface area (Å²) in [6, 6.07) is 16.2. The Kier molecular flexibility index (Phi) is 6.70. The van der Waals surface area contributed by atoms with E-state index in [0.717, 1.165) is 30.7 Å². The van der Waals surface area contributed by atoms with Gasteiger partial charge in [0.15, 0.2) is 0 Å². The highest BCUT2D eigenvalue weighted by Gasteiger charge is 2.37. The molecule has 0 saturated heterocycles. The Morgan fingerprint density at radius 2 is 1.81 bits per heavy atom. The van der Waals surface area contributed by atoms with Gasteiger partial charge in [-0.05, 0) is 54.5 Å². The third-order valence-electron chi connectivity index (χ3n) is 6.38. The molecule has 162 valence electrons. The second-order valence-corrected chi connectivity index (χ2v) is 8.33. The van der Waals surface area contributed by atoms with Crippen LogP contribution in [-0.4, -0.2) is 36.9 Å². The van der Waals surface area contributed by atoms with Gasteiger partial charge in [0.2, 0.25) is 11.8 Å². The van der Waals surface area contributed by atoms with E-state index in [1.54, 1.807) is 7.11 Å². The average Bonchev–Trinajstić information content (AvgIpc) is 2.83. The lowest BCUT2D eigenvalue weighted by Crippen LogP contribution is -2.46. The van der Waals surface area contributed by atoms with E-state index in [2.05, 4.69) is 17.4 Å². The Bertz CT molecular complexity index is 969. The third kappa shape index (κ3) is 4.98. The molecule has 4 rings (SSSR count). The molecule has 0 bridgehead atoms. The molecule has 2 unspecified atom stereocenters. The first kappa shape index (κ1) is 21.2. The summed E-state index contributed by atoms with van der Waals surface area (Å²) >= 11 is 0. The number of rotatable bonds is 6. The standard InChI is InChI=1S/C26H30N2O3/c1-31-22-10-6-7-19(17-22)13-15-27-25(29)23-11-4-5-12-24(23)26(30)28-16-14-20-8-2-3-9-21(20)18-28/h2-10,17,23-24H,11-16,18H2,1H3,(H,27,29). The van der Waals surface area contributed by atoms with Crippen LogP contribution < -0.4 is 10.1 Å². The molecule has 1 heterocycles. The number of hydrogen-bond acceptors (Lipinski definition) is 3. The topological polar surface area (TPSA) is 58.6 Å². The first-order chi connectivity index (χ1) is 15.2. The number of fused-ring (bicyclic) bond motifs is 1. The first-order valence-corrected chi connectivity index (χ1v) is 11.1. The number of benzene rings is 2. The number of allylic oxidation sites excluding steroid dienone is 2. The lowest BCUT2D eigenvalue weighted by atomic mass is 9.81. The first-order valence-electron chi connectivity index (χ1n) is 11.1. The van der Waals surface area contributed by atoms with Crippen molar-refractivity contribution >= 4 is 11.8 Å². The van der Waals surface area contributed by atoms with Gasteiger partial charge < -0.3 is 15.0 Å². The van der Waals surface area contributed by atoms with Gasteiger partial charge in [0.1, 0.15) is 5.75 Å². The Balaban J connectivity index is 1.36. The molecule has 5 heteroatoms. The molecule has 2 aromatic rings. The van der Waals surface area contributed by atoms with Crippen LogP contribution >= 0.6 is 0 Å². The van der Waals surface area contributed by atoms with Crippen molar-refractivity contribution < 1.29 is 14.3 Å². The summed E-state index contributed by atoms with van der Waals surface area (Å²) in [6.07, 6.45) is 6.92. The van der Waals surface area contributed by atoms with Gasteiger partial charge in [-0.15, -0.1) is 0 Å². The smallest absolute Gasteiger partial charge is 0.227 e. The number of ether oxygens (including phenoxy) is 1. The number of carbonyl (C=O) groups excluding carboxylic acids is 2. The highest BCUT2D eigenvalue weighted by Crippen LogP contribution is 2.30. The summed E-state index contributed by atoms with van der Waals surface area (Å²) < 4.78 is 5.26. The highest BCUT2D eigenvalue weighted by atomic mass is 16.5. The van der Waals surface area contributed by atoms with E-state index in [4.69, 9.17) is 4.74 Å². The predicted molar refractivity (Wildman–Crippen MR) is 121 cm³/mol. The Labute approximate surface area is 184 Å². The van der Waals surface area contributed by atoms with Crippen molar-refractivity contribution in [2.75, 3.05) is 20.2 Å². The van der Waals surface area contributed by atoms with Crippen LogP contribution in [0.4, 0.5) is 0 Å². The van der Waals surface area contributed by atoms with Crippen LogP contribution in [0.3, 0.4) is 0 Å². The van der Waals surface area contributed by atoms with Gasteiger partial charge in [-0.25, -0.2) is 0 Å². The van der Waals surface area contributed by atoms with Crippen LogP contribution in [0.1, 0.15) is 29.5 Å². The van der Waals surface area contributed by atoms with Gasteiger partial charge in [-0.3, -0.25) is 9.59 Å². The molecule has 0 spiro atoms. The van der Waals surface area contributed by atoms with Crippen molar-refractivity contribution in [3.63, 3.8) is 0 Å². The van der Waals surface area contributed by atoms with Gasteiger partial charge >= 0.3 is 0 Å². The lowest BCUT2D eigenvalue weighted by Gasteiger charge is -2.35. The molecular weight excluding hydrogens is 388 g/mol. The normalized spacial score (nSPS) is 20.1. The summed E-state index contributed by atoms with van der Waals surface area (Å²) in [4.78, 5) is 28.2. The van der Waals surface area contributed by atoms with Gasteiger partial charge in [-0.1, -0.05) is 48.6 Å². The van der Waals surface area contributed by atoms with E-state index in [1.165, 1.54) is 11.1 Å². The molecule has 0 saturated carbocycles. The Morgan fingerprint density at radius 1 is 1.03 bits per heavy atom. The molecule has 5 nitrogen and oxygen atoms in total. The van der Waals surface area contributed by atoms with E-state index in [-0.39, 0.29) is 23.7 Å². The summed E-state index contributed by atoms with van der Waals surface area (Å²) in [5.41, 5.74) is 3.65. The fourth-order valence-corrected chi connectivity index (χ4v) is 4.58. The number of hydrogen-bond donors (Lipinski definition) is 1. The minimum atomic E-state index is -0.306. The second kappa shape index (κ2) is 9.82. The van der Waals surface area contributed by atoms with Crippen LogP contribution in [0.5, 0.6) is 5.75 Å². The largest absolute Gasteiger partial charge is 0.497 e. The Hall–Kier alpha value is -3.08. The second-order valence-electron chi connectivity index (χ2n) is 8.33. The average molecular weight is 419 g/mol. The van der Waals surface area contributed by atoms with E-state index >= 15 is 0 Å². The number of amides is 2. The lowest BCUT2D eigenvalue weighted by molar-refractivity contribution is -0.142. The van der Waals surface area contributed by atoms with Crippen LogP contribution in [0.25, 0.3) is 0 Å². The molecule has 1 N–H and O–H groups in total. The van der Waals surface area contributed by atoms with Crippen LogP contribution in [0, 0.1) is 11.8 Å². The fourth-order valence-electron chi connectivity index (χ4n) is 4.58. The number of methoxy groups -OCH3 is 1. The number of nitrogens with zero attached hydrogens (tertiary/aromatic N) is 1. The zero-order valence-corrected chi connectivity index (χ0v) is 18.0. The van der Waals surface area contributed by atoms with E-state index in [9.17, 15) is 9.59 Å². The van der Waals surface area contributed by atoms with E-state index < -0.39 is 0 Å². The van der Waals surface area contributed by atoms with Crippen molar-refractivity contribution in [2.45, 2.75) is 32.2 Å². The maximum Gasteiger partial charge on any atom is 0.227 e. The molecule has 0 fully saturated rings. The molecule has 0 aromatic heterocycles. The van der Waals surface area contributed by atoms with Crippen molar-refractivity contribution in [1.82, 2.24) is 10.2 Å². The molecular formula is C26H30N2O3. The molecule has 0 radical (unpaired) electrons. The monoisotopic (exact) mass is 418 g/mol. The summed E-state index contributed by atoms with van der Waals surface area (Å²) in [6.45, 7) is 1.91. The van der Waals surface area contributed by atoms with Crippen molar-refractivity contribution in [1.29, 1.82) is 0 Å². The van der Waals surface area contributed by atoms with Crippen LogP contribution in [0.2, 0.25) is 0 Å². The number of carbonyl (C=O) groups is 2. The SMILES string of the molecule is COc1cccc(CCNC(=O)C2CC=CCC2C(=O)N2CCc3ccccc3C2)c1. The van der Waals surface area contributed by atoms with Crippen molar-refractivity contribution in [3.8, 4) is 5.75 Å². The maximum atomic E-state index is 13.3. The van der Waals surface area contributed by atoms with E-state index in [1.807, 2.05) is 53.5 Å². The summed E-state index contributed by atoms with van der Waals surface area (Å²) in [5.74, 6) is 0.303. The number of nitrogens with one attached hydrogen (secondary N) is 1. The minimum Gasteiger partial charge on any atom is -0.497 e. The molecule has 1 aliphatic heterocycles. The quantitative estimate of drug-likeness (QED) is 0.731. The zero-order valence-electron chi connectivity index (χ0n) is 18.0. The molecule has 2 aliphatic rings.